The van der Waals surface area contributed by atoms with Crippen LogP contribution in [0.1, 0.15) is 6.92 Å². The van der Waals surface area contributed by atoms with Gasteiger partial charge in [-0.2, -0.15) is 0 Å². The van der Waals surface area contributed by atoms with Gasteiger partial charge in [0.05, 0.1) is 5.69 Å². The second-order valence-corrected chi connectivity index (χ2v) is 5.64. The summed E-state index contributed by atoms with van der Waals surface area (Å²) < 4.78 is 1.57. The molecule has 0 bridgehead atoms. The lowest BCUT2D eigenvalue weighted by Crippen LogP contribution is -2.19. The molecule has 1 amide bonds. The molecule has 4 aromatic rings. The van der Waals surface area contributed by atoms with Crippen LogP contribution in [0.3, 0.4) is 0 Å². The Balaban J connectivity index is 1.89. The van der Waals surface area contributed by atoms with Gasteiger partial charge in [0.2, 0.25) is 11.6 Å². The predicted molar refractivity (Wildman–Crippen MR) is 99.1 cm³/mol. The molecule has 0 radical (unpaired) electrons. The average Bonchev–Trinajstić information content (AvgIpc) is 3.06. The zero-order valence-corrected chi connectivity index (χ0v) is 14.0. The molecule has 0 unspecified atom stereocenters. The van der Waals surface area contributed by atoms with Crippen LogP contribution in [0.25, 0.3) is 16.4 Å². The maximum atomic E-state index is 10.9. The van der Waals surface area contributed by atoms with Gasteiger partial charge in [-0.25, -0.2) is 9.78 Å². The number of rotatable bonds is 4. The molecule has 2 heterocycles. The van der Waals surface area contributed by atoms with Gasteiger partial charge in [0.25, 0.3) is 0 Å². The Labute approximate surface area is 148 Å². The summed E-state index contributed by atoms with van der Waals surface area (Å²) in [6.07, 6.45) is 2.03. The molecule has 0 fully saturated rings. The molecular formula is C18H16N6O2. The van der Waals surface area contributed by atoms with Crippen molar-refractivity contribution in [1.29, 1.82) is 0 Å². The minimum atomic E-state index is -1.20. The summed E-state index contributed by atoms with van der Waals surface area (Å²) in [5.74, 6) is 0.738. The molecule has 130 valence electrons. The summed E-state index contributed by atoms with van der Waals surface area (Å²) in [5, 5.41) is 21.5. The Kier molecular flexibility index (Phi) is 3.85. The summed E-state index contributed by atoms with van der Waals surface area (Å²) in [6.45, 7) is 2.69. The quantitative estimate of drug-likeness (QED) is 0.586. The van der Waals surface area contributed by atoms with Crippen LogP contribution < -0.4 is 10.2 Å². The van der Waals surface area contributed by atoms with Gasteiger partial charge in [-0.15, -0.1) is 10.2 Å². The number of fused-ring (bicyclic) bond motifs is 2. The number of hydrogen-bond acceptors (Lipinski definition) is 5. The molecule has 0 atom stereocenters. The second-order valence-electron chi connectivity index (χ2n) is 5.64. The molecular weight excluding hydrogens is 332 g/mol. The summed E-state index contributed by atoms with van der Waals surface area (Å²) in [4.78, 5) is 17.5. The van der Waals surface area contributed by atoms with Crippen molar-refractivity contribution in [2.75, 3.05) is 16.8 Å². The molecule has 0 spiro atoms. The van der Waals surface area contributed by atoms with Crippen LogP contribution in [0.2, 0.25) is 0 Å². The van der Waals surface area contributed by atoms with E-state index in [4.69, 9.17) is 5.11 Å². The van der Waals surface area contributed by atoms with Crippen LogP contribution in [-0.2, 0) is 0 Å². The van der Waals surface area contributed by atoms with Gasteiger partial charge in [0.1, 0.15) is 0 Å². The predicted octanol–water partition coefficient (Wildman–Crippen LogP) is 3.53. The fourth-order valence-electron chi connectivity index (χ4n) is 3.06. The number of nitrogens with one attached hydrogen (secondary N) is 1. The van der Waals surface area contributed by atoms with E-state index in [0.717, 1.165) is 16.5 Å². The number of amides is 1. The second kappa shape index (κ2) is 6.32. The lowest BCUT2D eigenvalue weighted by Gasteiger charge is -2.23. The summed E-state index contributed by atoms with van der Waals surface area (Å²) in [5.41, 5.74) is 1.48. The molecule has 0 aliphatic carbocycles. The Morgan fingerprint density at radius 2 is 2.00 bits per heavy atom. The van der Waals surface area contributed by atoms with Gasteiger partial charge in [-0.1, -0.05) is 36.4 Å². The zero-order chi connectivity index (χ0) is 18.1. The highest BCUT2D eigenvalue weighted by atomic mass is 16.4. The molecule has 2 aromatic carbocycles. The van der Waals surface area contributed by atoms with E-state index in [1.807, 2.05) is 36.1 Å². The normalized spacial score (nSPS) is 11.0. The highest BCUT2D eigenvalue weighted by Gasteiger charge is 2.18. The summed E-state index contributed by atoms with van der Waals surface area (Å²) in [6, 6.07) is 14.2. The Morgan fingerprint density at radius 1 is 1.19 bits per heavy atom. The van der Waals surface area contributed by atoms with Crippen LogP contribution in [-0.4, -0.2) is 37.3 Å². The molecule has 2 N–H and O–H groups in total. The monoisotopic (exact) mass is 348 g/mol. The molecule has 0 aliphatic heterocycles. The van der Waals surface area contributed by atoms with E-state index in [9.17, 15) is 4.79 Å². The highest BCUT2D eigenvalue weighted by Crippen LogP contribution is 2.32. The third kappa shape index (κ3) is 2.57. The number of carbonyl (C=O) groups is 1. The molecule has 0 saturated heterocycles. The van der Waals surface area contributed by atoms with Crippen molar-refractivity contribution in [3.63, 3.8) is 0 Å². The first-order chi connectivity index (χ1) is 12.7. The Morgan fingerprint density at radius 3 is 2.81 bits per heavy atom. The van der Waals surface area contributed by atoms with Crippen molar-refractivity contribution in [2.45, 2.75) is 6.92 Å². The first-order valence-electron chi connectivity index (χ1n) is 8.14. The lowest BCUT2D eigenvalue weighted by atomic mass is 10.1. The van der Waals surface area contributed by atoms with Gasteiger partial charge < -0.3 is 10.0 Å². The molecule has 8 heteroatoms. The van der Waals surface area contributed by atoms with E-state index in [2.05, 4.69) is 38.7 Å². The largest absolute Gasteiger partial charge is 0.465 e. The van der Waals surface area contributed by atoms with Crippen molar-refractivity contribution in [3.8, 4) is 0 Å². The highest BCUT2D eigenvalue weighted by molar-refractivity contribution is 5.96. The van der Waals surface area contributed by atoms with Crippen molar-refractivity contribution < 1.29 is 9.90 Å². The van der Waals surface area contributed by atoms with Crippen LogP contribution in [0.15, 0.2) is 54.9 Å². The molecule has 2 aromatic heterocycles. The fourth-order valence-corrected chi connectivity index (χ4v) is 3.06. The number of benzene rings is 2. The van der Waals surface area contributed by atoms with E-state index in [0.29, 0.717) is 18.0 Å². The van der Waals surface area contributed by atoms with Crippen LogP contribution in [0.4, 0.5) is 22.2 Å². The summed E-state index contributed by atoms with van der Waals surface area (Å²) in [7, 11) is 0. The molecule has 0 aliphatic rings. The molecule has 26 heavy (non-hydrogen) atoms. The number of hydrogen-bond donors (Lipinski definition) is 2. The van der Waals surface area contributed by atoms with Crippen molar-refractivity contribution >= 4 is 40.0 Å². The number of aromatic nitrogens is 4. The van der Waals surface area contributed by atoms with Gasteiger partial charge in [-0.05, 0) is 18.4 Å². The van der Waals surface area contributed by atoms with Crippen LogP contribution in [0, 0.1) is 0 Å². The Hall–Kier alpha value is -3.68. The van der Waals surface area contributed by atoms with Crippen LogP contribution in [0.5, 0.6) is 0 Å². The topological polar surface area (TPSA) is 95.7 Å². The van der Waals surface area contributed by atoms with E-state index in [-0.39, 0.29) is 5.95 Å². The molecule has 4 rings (SSSR count). The molecule has 0 saturated carbocycles. The SMILES string of the molecule is CCN(c1cccc2ccccc12)c1nccn2c(NC(=O)O)nnc12. The van der Waals surface area contributed by atoms with Crippen molar-refractivity contribution in [1.82, 2.24) is 19.6 Å². The maximum Gasteiger partial charge on any atom is 0.411 e. The van der Waals surface area contributed by atoms with Gasteiger partial charge in [-0.3, -0.25) is 9.72 Å². The fraction of sp³-hybridized carbons (Fsp3) is 0.111. The minimum absolute atomic E-state index is 0.130. The van der Waals surface area contributed by atoms with Gasteiger partial charge >= 0.3 is 6.09 Å². The smallest absolute Gasteiger partial charge is 0.411 e. The zero-order valence-electron chi connectivity index (χ0n) is 14.0. The first kappa shape index (κ1) is 15.8. The van der Waals surface area contributed by atoms with Gasteiger partial charge in [0, 0.05) is 24.3 Å². The Bertz CT molecular complexity index is 1100. The van der Waals surface area contributed by atoms with E-state index < -0.39 is 6.09 Å². The number of nitrogens with zero attached hydrogens (tertiary/aromatic N) is 5. The third-order valence-corrected chi connectivity index (χ3v) is 4.16. The maximum absolute atomic E-state index is 10.9. The van der Waals surface area contributed by atoms with E-state index in [1.165, 1.54) is 0 Å². The lowest BCUT2D eigenvalue weighted by molar-refractivity contribution is 0.209. The summed E-state index contributed by atoms with van der Waals surface area (Å²) >= 11 is 0. The van der Waals surface area contributed by atoms with Crippen LogP contribution >= 0.6 is 0 Å². The first-order valence-corrected chi connectivity index (χ1v) is 8.14. The number of carboxylic acid groups (broad SMARTS) is 1. The standard InChI is InChI=1S/C18H16N6O2/c1-2-23(14-9-5-7-12-6-3-4-8-13(12)14)15-16-21-22-17(20-18(25)26)24(16)11-10-19-15/h3-11H,2H2,1H3,(H,20,22)(H,25,26). The van der Waals surface area contributed by atoms with Gasteiger partial charge in [0.15, 0.2) is 5.82 Å². The average molecular weight is 348 g/mol. The third-order valence-electron chi connectivity index (χ3n) is 4.16. The van der Waals surface area contributed by atoms with E-state index >= 15 is 0 Å². The van der Waals surface area contributed by atoms with Crippen molar-refractivity contribution in [3.05, 3.63) is 54.9 Å². The van der Waals surface area contributed by atoms with E-state index in [1.54, 1.807) is 16.8 Å². The van der Waals surface area contributed by atoms with Crippen molar-refractivity contribution in [2.24, 2.45) is 0 Å². The minimum Gasteiger partial charge on any atom is -0.465 e. The number of anilines is 3. The molecule has 8 nitrogen and oxygen atoms in total.